The fourth-order valence-corrected chi connectivity index (χ4v) is 6.35. The highest BCUT2D eigenvalue weighted by atomic mass is 32.1. The second kappa shape index (κ2) is 8.67. The number of nitrogens with two attached hydrogens (primary N) is 1. The van der Waals surface area contributed by atoms with Crippen LogP contribution in [0.15, 0.2) is 12.7 Å². The van der Waals surface area contributed by atoms with Crippen molar-refractivity contribution in [2.75, 3.05) is 12.3 Å². The maximum Gasteiger partial charge on any atom is 0.490 e. The molecule has 17 nitrogen and oxygen atoms in total. The number of hydrogen-bond acceptors (Lipinski definition) is 13. The molecule has 6 atom stereocenters. The molecule has 0 aromatic carbocycles. The van der Waals surface area contributed by atoms with Crippen molar-refractivity contribution in [1.29, 1.82) is 0 Å². The number of hydrogen-bond donors (Lipinski definition) is 7. The summed E-state index contributed by atoms with van der Waals surface area (Å²) in [6.45, 7) is 0.652. The second-order valence-corrected chi connectivity index (χ2v) is 11.6. The van der Waals surface area contributed by atoms with Crippen LogP contribution >= 0.6 is 36.1 Å². The zero-order chi connectivity index (χ0) is 24.1. The van der Waals surface area contributed by atoms with Gasteiger partial charge in [0.05, 0.1) is 24.3 Å². The van der Waals surface area contributed by atoms with E-state index in [9.17, 15) is 28.6 Å². The summed E-state index contributed by atoms with van der Waals surface area (Å²) in [6.07, 6.45) is -0.211. The molecule has 32 heavy (non-hydrogen) atoms. The maximum absolute atomic E-state index is 11.9. The lowest BCUT2D eigenvalue weighted by molar-refractivity contribution is -0.101. The van der Waals surface area contributed by atoms with Crippen molar-refractivity contribution in [3.63, 3.8) is 0 Å². The first kappa shape index (κ1) is 25.6. The van der Waals surface area contributed by atoms with Crippen molar-refractivity contribution in [2.24, 2.45) is 0 Å². The van der Waals surface area contributed by atoms with Crippen LogP contribution in [0.2, 0.25) is 0 Å². The number of nitrogen functional groups attached to an aromatic ring is 1. The minimum absolute atomic E-state index is 0.0934. The van der Waals surface area contributed by atoms with Crippen LogP contribution < -0.4 is 5.73 Å². The zero-order valence-corrected chi connectivity index (χ0v) is 19.4. The number of fused-ring (bicyclic) bond motifs is 1. The van der Waals surface area contributed by atoms with Gasteiger partial charge in [0, 0.05) is 0 Å². The van der Waals surface area contributed by atoms with E-state index in [0.29, 0.717) is 0 Å². The van der Waals surface area contributed by atoms with Gasteiger partial charge in [0.15, 0.2) is 17.2 Å². The van der Waals surface area contributed by atoms with Gasteiger partial charge >= 0.3 is 23.5 Å². The van der Waals surface area contributed by atoms with Crippen LogP contribution in [-0.4, -0.2) is 68.3 Å². The van der Waals surface area contributed by atoms with Crippen molar-refractivity contribution >= 4 is 53.1 Å². The molecule has 0 amide bonds. The minimum atomic E-state index is -5.68. The number of phosphoric acid groups is 3. The molecule has 0 spiro atoms. The van der Waals surface area contributed by atoms with Gasteiger partial charge in [-0.2, -0.15) is 21.3 Å². The predicted octanol–water partition coefficient (Wildman–Crippen LogP) is -0.517. The van der Waals surface area contributed by atoms with Crippen molar-refractivity contribution < 1.29 is 56.3 Å². The van der Waals surface area contributed by atoms with Gasteiger partial charge in [-0.1, -0.05) is 0 Å². The van der Waals surface area contributed by atoms with Crippen LogP contribution in [0.4, 0.5) is 5.82 Å². The highest BCUT2D eigenvalue weighted by Crippen LogP contribution is 2.66. The van der Waals surface area contributed by atoms with Crippen molar-refractivity contribution in [3.8, 4) is 0 Å². The average Bonchev–Trinajstić information content (AvgIpc) is 3.14. The highest BCUT2D eigenvalue weighted by molar-refractivity contribution is 7.81. The van der Waals surface area contributed by atoms with Crippen molar-refractivity contribution in [1.82, 2.24) is 19.5 Å². The van der Waals surface area contributed by atoms with Crippen LogP contribution in [0, 0.1) is 0 Å². The fourth-order valence-electron chi connectivity index (χ4n) is 2.95. The number of ether oxygens (including phenoxy) is 1. The summed E-state index contributed by atoms with van der Waals surface area (Å²) in [5, 5.41) is 9.53. The highest BCUT2D eigenvalue weighted by Gasteiger charge is 2.53. The minimum Gasteiger partial charge on any atom is -0.389 e. The van der Waals surface area contributed by atoms with Gasteiger partial charge in [-0.15, -0.1) is 0 Å². The fraction of sp³-hybridized carbons (Fsp3) is 0.545. The number of aromatic nitrogens is 4. The van der Waals surface area contributed by atoms with Crippen LogP contribution in [0.3, 0.4) is 0 Å². The van der Waals surface area contributed by atoms with E-state index < -0.39 is 53.3 Å². The third kappa shape index (κ3) is 5.39. The van der Waals surface area contributed by atoms with Crippen LogP contribution in [0.25, 0.3) is 11.2 Å². The van der Waals surface area contributed by atoms with Crippen molar-refractivity contribution in [2.45, 2.75) is 30.1 Å². The summed E-state index contributed by atoms with van der Waals surface area (Å²) in [5.74, 6) is 0.0934. The molecule has 1 aliphatic rings. The molecule has 1 saturated heterocycles. The predicted molar refractivity (Wildman–Crippen MR) is 107 cm³/mol. The quantitative estimate of drug-likeness (QED) is 0.165. The molecule has 2 aromatic heterocycles. The van der Waals surface area contributed by atoms with Gasteiger partial charge in [-0.25, -0.2) is 28.6 Å². The molecule has 1 fully saturated rings. The normalized spacial score (nSPS) is 30.3. The molecular formula is C11H18N5O12P3S. The Labute approximate surface area is 184 Å². The lowest BCUT2D eigenvalue weighted by Gasteiger charge is -2.30. The Morgan fingerprint density at radius 3 is 2.47 bits per heavy atom. The topological polar surface area (TPSA) is 259 Å². The number of aliphatic hydroxyl groups is 1. The van der Waals surface area contributed by atoms with Gasteiger partial charge in [-0.3, -0.25) is 9.09 Å². The van der Waals surface area contributed by atoms with Crippen LogP contribution in [0.1, 0.15) is 6.92 Å². The molecule has 2 aromatic rings. The largest absolute Gasteiger partial charge is 0.490 e. The molecular weight excluding hydrogens is 519 g/mol. The van der Waals surface area contributed by atoms with Gasteiger partial charge < -0.3 is 35.2 Å². The first-order valence-electron chi connectivity index (χ1n) is 8.31. The molecule has 21 heteroatoms. The Balaban J connectivity index is 1.75. The average molecular weight is 537 g/mol. The van der Waals surface area contributed by atoms with Gasteiger partial charge in [0.1, 0.15) is 17.9 Å². The number of anilines is 1. The first-order valence-corrected chi connectivity index (χ1v) is 13.3. The molecule has 3 heterocycles. The SMILES string of the molecule is C[C@@]1(n2cnc3c(N)ncnc32)O[C@H](COP(=O)(O)OP(=O)(O)OP(=O)(O)O)[C@@H](O)[C@H]1S. The third-order valence-electron chi connectivity index (χ3n) is 4.30. The zero-order valence-electron chi connectivity index (χ0n) is 15.8. The number of nitrogens with zero attached hydrogens (tertiary/aromatic N) is 4. The van der Waals surface area contributed by atoms with Crippen LogP contribution in [-0.2, 0) is 37.3 Å². The second-order valence-electron chi connectivity index (χ2n) is 6.58. The van der Waals surface area contributed by atoms with Gasteiger partial charge in [-0.05, 0) is 6.92 Å². The molecule has 0 bridgehead atoms. The van der Waals surface area contributed by atoms with E-state index in [1.807, 2.05) is 0 Å². The number of imidazole rings is 1. The molecule has 2 unspecified atom stereocenters. The van der Waals surface area contributed by atoms with Crippen molar-refractivity contribution in [3.05, 3.63) is 12.7 Å². The van der Waals surface area contributed by atoms with E-state index >= 15 is 0 Å². The van der Waals surface area contributed by atoms with E-state index in [1.165, 1.54) is 24.1 Å². The Kier molecular flexibility index (Phi) is 6.95. The molecule has 0 saturated carbocycles. The number of rotatable bonds is 8. The van der Waals surface area contributed by atoms with E-state index in [4.69, 9.17) is 20.3 Å². The molecule has 180 valence electrons. The molecule has 1 aliphatic heterocycles. The van der Waals surface area contributed by atoms with E-state index in [-0.39, 0.29) is 17.0 Å². The smallest absolute Gasteiger partial charge is 0.389 e. The maximum atomic E-state index is 11.9. The van der Waals surface area contributed by atoms with E-state index in [1.54, 1.807) is 0 Å². The van der Waals surface area contributed by atoms with Gasteiger partial charge in [0.2, 0.25) is 0 Å². The standard InChI is InChI=1S/C11H18N5O12P3S/c1-11(16-4-15-6-9(12)13-3-14-10(6)16)8(32)7(17)5(26-11)2-25-30(21,22)28-31(23,24)27-29(18,19)20/h3-5,7-8,17,32H,2H2,1H3,(H,21,22)(H,23,24)(H2,12,13,14)(H2,18,19,20)/t5-,7-,8-,11-/m1/s1. The molecule has 0 aliphatic carbocycles. The third-order valence-corrected chi connectivity index (χ3v) is 8.89. The lowest BCUT2D eigenvalue weighted by atomic mass is 10.1. The number of thiol groups is 1. The first-order chi connectivity index (χ1) is 14.5. The Morgan fingerprint density at radius 2 is 1.84 bits per heavy atom. The van der Waals surface area contributed by atoms with E-state index in [0.717, 1.165) is 0 Å². The molecule has 0 radical (unpaired) electrons. The summed E-state index contributed by atoms with van der Waals surface area (Å²) in [5.41, 5.74) is 4.84. The molecule has 7 N–H and O–H groups in total. The van der Waals surface area contributed by atoms with Crippen LogP contribution in [0.5, 0.6) is 0 Å². The summed E-state index contributed by atoms with van der Waals surface area (Å²) in [6, 6.07) is 0. The summed E-state index contributed by atoms with van der Waals surface area (Å²) in [4.78, 5) is 47.8. The molecule has 3 rings (SSSR count). The number of aliphatic hydroxyl groups excluding tert-OH is 1. The summed E-state index contributed by atoms with van der Waals surface area (Å²) >= 11 is 4.34. The lowest BCUT2D eigenvalue weighted by Crippen LogP contribution is -2.39. The Bertz CT molecular complexity index is 1160. The summed E-state index contributed by atoms with van der Waals surface area (Å²) in [7, 11) is -16.6. The Morgan fingerprint density at radius 1 is 1.19 bits per heavy atom. The summed E-state index contributed by atoms with van der Waals surface area (Å²) < 4.78 is 52.9. The number of phosphoric ester groups is 1. The van der Waals surface area contributed by atoms with E-state index in [2.05, 4.69) is 40.7 Å². The van der Waals surface area contributed by atoms with Gasteiger partial charge in [0.25, 0.3) is 0 Å². The monoisotopic (exact) mass is 537 g/mol. The Hall–Kier alpha value is -0.970.